The van der Waals surface area contributed by atoms with E-state index in [1.165, 1.54) is 6.07 Å². The van der Waals surface area contributed by atoms with Crippen LogP contribution in [-0.2, 0) is 15.6 Å². The van der Waals surface area contributed by atoms with E-state index in [2.05, 4.69) is 0 Å². The van der Waals surface area contributed by atoms with Gasteiger partial charge in [0.05, 0.1) is 5.56 Å². The van der Waals surface area contributed by atoms with Crippen LogP contribution in [0.5, 0.6) is 5.75 Å². The van der Waals surface area contributed by atoms with E-state index in [1.54, 1.807) is 6.07 Å². The van der Waals surface area contributed by atoms with Crippen LogP contribution < -0.4 is 4.52 Å². The molecule has 0 radical (unpaired) electrons. The summed E-state index contributed by atoms with van der Waals surface area (Å²) in [5.74, 6) is -0.117. The average Bonchev–Trinajstić information content (AvgIpc) is 2.44. The van der Waals surface area contributed by atoms with E-state index >= 15 is 0 Å². The predicted molar refractivity (Wildman–Crippen MR) is 88.8 cm³/mol. The first-order chi connectivity index (χ1) is 10.8. The first-order valence-corrected chi connectivity index (χ1v) is 8.51. The first kappa shape index (κ1) is 17.2. The fraction of sp³-hybridized carbons (Fsp3) is 0.278. The third-order valence-electron chi connectivity index (χ3n) is 3.80. The van der Waals surface area contributed by atoms with Gasteiger partial charge in [-0.15, -0.1) is 0 Å². The Balaban J connectivity index is 2.68. The molecule has 0 aliphatic carbocycles. The Hall–Kier alpha value is -2.19. The van der Waals surface area contributed by atoms with E-state index < -0.39 is 7.91 Å². The standard InChI is InChI=1S/C18H19O4P/c1-5-14-7-6-8-15(22-23(20)21)17(14)18(19)16-12(3)9-11(2)10-13(16)4/h6-10H,5H2,1-4H3. The smallest absolute Gasteiger partial charge is 0.386 e. The van der Waals surface area contributed by atoms with Gasteiger partial charge in [0.1, 0.15) is 5.75 Å². The van der Waals surface area contributed by atoms with Crippen LogP contribution in [0.3, 0.4) is 0 Å². The van der Waals surface area contributed by atoms with Gasteiger partial charge < -0.3 is 4.52 Å². The van der Waals surface area contributed by atoms with Crippen molar-refractivity contribution in [2.45, 2.75) is 34.1 Å². The molecule has 0 aromatic heterocycles. The van der Waals surface area contributed by atoms with Crippen LogP contribution in [0.4, 0.5) is 0 Å². The maximum atomic E-state index is 13.1. The van der Waals surface area contributed by atoms with Gasteiger partial charge in [-0.2, -0.15) is 9.13 Å². The van der Waals surface area contributed by atoms with Crippen molar-refractivity contribution in [2.75, 3.05) is 0 Å². The lowest BCUT2D eigenvalue weighted by Crippen LogP contribution is -2.10. The van der Waals surface area contributed by atoms with Gasteiger partial charge in [0.15, 0.2) is 5.78 Å². The second-order valence-electron chi connectivity index (χ2n) is 5.56. The molecule has 0 saturated heterocycles. The lowest BCUT2D eigenvalue weighted by Gasteiger charge is -2.14. The number of hydrogen-bond donors (Lipinski definition) is 0. The van der Waals surface area contributed by atoms with Crippen LogP contribution in [0, 0.1) is 20.8 Å². The normalized spacial score (nSPS) is 10.4. The molecule has 0 aliphatic heterocycles. The van der Waals surface area contributed by atoms with E-state index in [0.717, 1.165) is 22.3 Å². The molecule has 4 nitrogen and oxygen atoms in total. The van der Waals surface area contributed by atoms with Gasteiger partial charge in [0.2, 0.25) is 0 Å². The van der Waals surface area contributed by atoms with E-state index in [0.29, 0.717) is 17.5 Å². The Bertz CT molecular complexity index is 804. The number of rotatable bonds is 5. The topological polar surface area (TPSA) is 60.4 Å². The summed E-state index contributed by atoms with van der Waals surface area (Å²) in [6.45, 7) is 7.67. The zero-order chi connectivity index (χ0) is 17.1. The number of benzene rings is 2. The van der Waals surface area contributed by atoms with Crippen LogP contribution >= 0.6 is 7.91 Å². The molecule has 0 heterocycles. The first-order valence-electron chi connectivity index (χ1n) is 7.42. The van der Waals surface area contributed by atoms with Gasteiger partial charge in [0, 0.05) is 5.56 Å². The monoisotopic (exact) mass is 330 g/mol. The molecular weight excluding hydrogens is 311 g/mol. The van der Waals surface area contributed by atoms with Gasteiger partial charge in [-0.05, 0) is 49.9 Å². The molecule has 0 spiro atoms. The molecule has 0 atom stereocenters. The maximum Gasteiger partial charge on any atom is 0.529 e. The Kier molecular flexibility index (Phi) is 5.17. The molecule has 2 rings (SSSR count). The molecule has 0 amide bonds. The quantitative estimate of drug-likeness (QED) is 0.579. The largest absolute Gasteiger partial charge is 0.529 e. The van der Waals surface area contributed by atoms with Crippen molar-refractivity contribution in [2.24, 2.45) is 0 Å². The molecule has 0 bridgehead atoms. The molecule has 0 unspecified atom stereocenters. The third-order valence-corrected chi connectivity index (χ3v) is 4.14. The maximum absolute atomic E-state index is 13.1. The Morgan fingerprint density at radius 3 is 2.17 bits per heavy atom. The second-order valence-corrected chi connectivity index (χ2v) is 6.19. The molecule has 120 valence electrons. The Labute approximate surface area is 136 Å². The molecule has 0 aliphatic rings. The van der Waals surface area contributed by atoms with Gasteiger partial charge in [0.25, 0.3) is 0 Å². The summed E-state index contributed by atoms with van der Waals surface area (Å²) in [6, 6.07) is 8.92. The zero-order valence-electron chi connectivity index (χ0n) is 13.7. The van der Waals surface area contributed by atoms with Crippen molar-refractivity contribution in [1.29, 1.82) is 0 Å². The zero-order valence-corrected chi connectivity index (χ0v) is 14.6. The van der Waals surface area contributed by atoms with Crippen LogP contribution in [0.15, 0.2) is 30.3 Å². The summed E-state index contributed by atoms with van der Waals surface area (Å²) in [5, 5.41) is 0. The number of ketones is 1. The number of aryl methyl sites for hydroxylation is 4. The minimum Gasteiger partial charge on any atom is -0.386 e. The SMILES string of the molecule is CCc1cccc(OP(=O)=O)c1C(=O)c1c(C)cc(C)cc1C. The number of hydrogen-bond acceptors (Lipinski definition) is 4. The van der Waals surface area contributed by atoms with Gasteiger partial charge in [-0.25, -0.2) is 0 Å². The summed E-state index contributed by atoms with van der Waals surface area (Å²) in [7, 11) is -3.08. The van der Waals surface area contributed by atoms with E-state index in [-0.39, 0.29) is 11.5 Å². The van der Waals surface area contributed by atoms with Crippen molar-refractivity contribution in [1.82, 2.24) is 0 Å². The number of carbonyl (C=O) groups is 1. The summed E-state index contributed by atoms with van der Waals surface area (Å²) >= 11 is 0. The third kappa shape index (κ3) is 3.59. The van der Waals surface area contributed by atoms with Crippen LogP contribution in [-0.4, -0.2) is 5.78 Å². The Morgan fingerprint density at radius 2 is 1.65 bits per heavy atom. The van der Waals surface area contributed by atoms with Crippen molar-refractivity contribution >= 4 is 13.7 Å². The highest BCUT2D eigenvalue weighted by molar-refractivity contribution is 7.25. The molecule has 5 heteroatoms. The van der Waals surface area contributed by atoms with Crippen molar-refractivity contribution in [3.05, 3.63) is 63.7 Å². The van der Waals surface area contributed by atoms with E-state index in [4.69, 9.17) is 4.52 Å². The van der Waals surface area contributed by atoms with Crippen LogP contribution in [0.1, 0.15) is 45.1 Å². The Morgan fingerprint density at radius 1 is 1.04 bits per heavy atom. The molecule has 0 saturated carbocycles. The van der Waals surface area contributed by atoms with Crippen LogP contribution in [0.25, 0.3) is 0 Å². The molecule has 0 fully saturated rings. The van der Waals surface area contributed by atoms with Crippen molar-refractivity contribution in [3.8, 4) is 5.75 Å². The summed E-state index contributed by atoms with van der Waals surface area (Å²) in [6.07, 6.45) is 0.609. The second kappa shape index (κ2) is 6.93. The van der Waals surface area contributed by atoms with Crippen molar-refractivity contribution < 1.29 is 18.4 Å². The minimum absolute atomic E-state index is 0.0878. The summed E-state index contributed by atoms with van der Waals surface area (Å²) < 4.78 is 26.8. The fourth-order valence-electron chi connectivity index (χ4n) is 2.95. The molecular formula is C18H19O4P. The highest BCUT2D eigenvalue weighted by Gasteiger charge is 2.22. The highest BCUT2D eigenvalue weighted by Crippen LogP contribution is 2.31. The van der Waals surface area contributed by atoms with Gasteiger partial charge in [-0.1, -0.05) is 36.8 Å². The number of carbonyl (C=O) groups excluding carboxylic acids is 1. The fourth-order valence-corrected chi connectivity index (χ4v) is 3.26. The van der Waals surface area contributed by atoms with E-state index in [9.17, 15) is 13.9 Å². The predicted octanol–water partition coefficient (Wildman–Crippen LogP) is 4.87. The van der Waals surface area contributed by atoms with Crippen LogP contribution in [0.2, 0.25) is 0 Å². The molecule has 0 N–H and O–H groups in total. The lowest BCUT2D eigenvalue weighted by atomic mass is 9.90. The molecule has 2 aromatic carbocycles. The average molecular weight is 330 g/mol. The summed E-state index contributed by atoms with van der Waals surface area (Å²) in [5.41, 5.74) is 4.52. The van der Waals surface area contributed by atoms with Gasteiger partial charge >= 0.3 is 7.91 Å². The summed E-state index contributed by atoms with van der Waals surface area (Å²) in [4.78, 5) is 13.1. The molecule has 23 heavy (non-hydrogen) atoms. The minimum atomic E-state index is -3.08. The lowest BCUT2D eigenvalue weighted by molar-refractivity contribution is 0.103. The van der Waals surface area contributed by atoms with Crippen molar-refractivity contribution in [3.63, 3.8) is 0 Å². The van der Waals surface area contributed by atoms with Gasteiger partial charge in [-0.3, -0.25) is 4.79 Å². The molecule has 2 aromatic rings. The highest BCUT2D eigenvalue weighted by atomic mass is 31.1. The van der Waals surface area contributed by atoms with E-state index in [1.807, 2.05) is 45.9 Å².